The summed E-state index contributed by atoms with van der Waals surface area (Å²) in [4.78, 5) is 18.0. The Morgan fingerprint density at radius 2 is 2.04 bits per heavy atom. The van der Waals surface area contributed by atoms with Gasteiger partial charge in [0.1, 0.15) is 11.6 Å². The maximum Gasteiger partial charge on any atom is 0.266 e. The van der Waals surface area contributed by atoms with Crippen molar-refractivity contribution in [2.75, 3.05) is 20.3 Å². The minimum atomic E-state index is -0.0981. The van der Waals surface area contributed by atoms with Crippen molar-refractivity contribution in [1.29, 1.82) is 0 Å². The highest BCUT2D eigenvalue weighted by Gasteiger charge is 2.18. The third-order valence-electron chi connectivity index (χ3n) is 4.85. The largest absolute Gasteiger partial charge is 0.495 e. The van der Waals surface area contributed by atoms with Crippen LogP contribution < -0.4 is 15.6 Å². The average Bonchev–Trinajstić information content (AvgIpc) is 3.22. The molecule has 27 heavy (non-hydrogen) atoms. The molecule has 1 saturated heterocycles. The van der Waals surface area contributed by atoms with Gasteiger partial charge in [-0.3, -0.25) is 9.36 Å². The summed E-state index contributed by atoms with van der Waals surface area (Å²) in [5.41, 5.74) is 1.29. The molecule has 6 nitrogen and oxygen atoms in total. The first-order valence-electron chi connectivity index (χ1n) is 9.24. The van der Waals surface area contributed by atoms with Gasteiger partial charge in [0.2, 0.25) is 0 Å². The molecule has 6 heteroatoms. The Labute approximate surface area is 157 Å². The van der Waals surface area contributed by atoms with Gasteiger partial charge in [-0.05, 0) is 37.1 Å². The minimum absolute atomic E-state index is 0.0981. The lowest BCUT2D eigenvalue weighted by atomic mass is 10.2. The molecule has 0 aliphatic carbocycles. The summed E-state index contributed by atoms with van der Waals surface area (Å²) in [6, 6.07) is 14.9. The minimum Gasteiger partial charge on any atom is -0.495 e. The van der Waals surface area contributed by atoms with E-state index in [1.807, 2.05) is 42.5 Å². The van der Waals surface area contributed by atoms with Crippen LogP contribution in [0.4, 0.5) is 0 Å². The molecular formula is C21H23N3O3. The van der Waals surface area contributed by atoms with Gasteiger partial charge < -0.3 is 14.8 Å². The maximum atomic E-state index is 13.3. The van der Waals surface area contributed by atoms with Crippen LogP contribution in [-0.2, 0) is 11.3 Å². The summed E-state index contributed by atoms with van der Waals surface area (Å²) in [5, 5.41) is 3.98. The molecule has 2 heterocycles. The average molecular weight is 365 g/mol. The summed E-state index contributed by atoms with van der Waals surface area (Å²) in [6.45, 7) is 2.04. The van der Waals surface area contributed by atoms with Gasteiger partial charge in [0.25, 0.3) is 5.56 Å². The highest BCUT2D eigenvalue weighted by Crippen LogP contribution is 2.23. The number of aromatic nitrogens is 2. The first kappa shape index (κ1) is 17.7. The molecule has 1 aromatic heterocycles. The zero-order valence-corrected chi connectivity index (χ0v) is 15.4. The van der Waals surface area contributed by atoms with E-state index in [0.717, 1.165) is 26.0 Å². The van der Waals surface area contributed by atoms with Gasteiger partial charge in [-0.25, -0.2) is 4.98 Å². The molecule has 0 saturated carbocycles. The molecule has 0 amide bonds. The number of methoxy groups -OCH3 is 1. The normalized spacial score (nSPS) is 16.7. The van der Waals surface area contributed by atoms with Crippen LogP contribution in [0, 0.1) is 0 Å². The smallest absolute Gasteiger partial charge is 0.266 e. The Morgan fingerprint density at radius 1 is 1.22 bits per heavy atom. The van der Waals surface area contributed by atoms with Gasteiger partial charge in [0, 0.05) is 13.2 Å². The second-order valence-corrected chi connectivity index (χ2v) is 6.62. The van der Waals surface area contributed by atoms with Crippen LogP contribution in [0.3, 0.4) is 0 Å². The SMILES string of the molecule is COc1ccccc1-n1c(CNC[C@H]2CCCO2)nc2ccccc2c1=O. The third kappa shape index (κ3) is 3.59. The van der Waals surface area contributed by atoms with E-state index >= 15 is 0 Å². The molecule has 1 N–H and O–H groups in total. The first-order chi connectivity index (χ1) is 13.3. The van der Waals surface area contributed by atoms with E-state index in [0.29, 0.717) is 34.7 Å². The number of hydrogen-bond donors (Lipinski definition) is 1. The quantitative estimate of drug-likeness (QED) is 0.728. The van der Waals surface area contributed by atoms with Crippen LogP contribution in [-0.4, -0.2) is 35.9 Å². The number of benzene rings is 2. The topological polar surface area (TPSA) is 65.4 Å². The summed E-state index contributed by atoms with van der Waals surface area (Å²) in [7, 11) is 1.60. The van der Waals surface area contributed by atoms with E-state index in [1.54, 1.807) is 17.7 Å². The van der Waals surface area contributed by atoms with E-state index in [4.69, 9.17) is 14.5 Å². The zero-order chi connectivity index (χ0) is 18.6. The predicted molar refractivity (Wildman–Crippen MR) is 105 cm³/mol. The van der Waals surface area contributed by atoms with Gasteiger partial charge in [0.15, 0.2) is 0 Å². The van der Waals surface area contributed by atoms with Crippen LogP contribution in [0.25, 0.3) is 16.6 Å². The lowest BCUT2D eigenvalue weighted by molar-refractivity contribution is 0.109. The molecular weight excluding hydrogens is 342 g/mol. The summed E-state index contributed by atoms with van der Waals surface area (Å²) < 4.78 is 12.8. The van der Waals surface area contributed by atoms with E-state index in [9.17, 15) is 4.79 Å². The molecule has 3 aromatic rings. The number of ether oxygens (including phenoxy) is 2. The maximum absolute atomic E-state index is 13.3. The molecule has 1 atom stereocenters. The number of nitrogens with zero attached hydrogens (tertiary/aromatic N) is 2. The molecule has 0 radical (unpaired) electrons. The Morgan fingerprint density at radius 3 is 2.85 bits per heavy atom. The Balaban J connectivity index is 1.76. The van der Waals surface area contributed by atoms with Crippen molar-refractivity contribution in [3.8, 4) is 11.4 Å². The molecule has 1 aliphatic rings. The van der Waals surface area contributed by atoms with E-state index in [2.05, 4.69) is 5.32 Å². The molecule has 1 aliphatic heterocycles. The fraction of sp³-hybridized carbons (Fsp3) is 0.333. The Kier molecular flexibility index (Phi) is 5.18. The Bertz CT molecular complexity index is 993. The molecule has 140 valence electrons. The van der Waals surface area contributed by atoms with E-state index in [-0.39, 0.29) is 11.7 Å². The van der Waals surface area contributed by atoms with Crippen molar-refractivity contribution in [3.63, 3.8) is 0 Å². The van der Waals surface area contributed by atoms with Crippen molar-refractivity contribution in [3.05, 3.63) is 64.7 Å². The summed E-state index contributed by atoms with van der Waals surface area (Å²) in [6.07, 6.45) is 2.40. The standard InChI is InChI=1S/C21H23N3O3/c1-26-19-11-5-4-10-18(19)24-20(14-22-13-15-7-6-12-27-15)23-17-9-3-2-8-16(17)21(24)25/h2-5,8-11,15,22H,6-7,12-14H2,1H3/t15-/m1/s1. The van der Waals surface area contributed by atoms with E-state index < -0.39 is 0 Å². The summed E-state index contributed by atoms with van der Waals surface area (Å²) >= 11 is 0. The zero-order valence-electron chi connectivity index (χ0n) is 15.4. The number of nitrogens with one attached hydrogen (secondary N) is 1. The molecule has 1 fully saturated rings. The third-order valence-corrected chi connectivity index (χ3v) is 4.85. The first-order valence-corrected chi connectivity index (χ1v) is 9.24. The second-order valence-electron chi connectivity index (χ2n) is 6.62. The molecule has 2 aromatic carbocycles. The Hall–Kier alpha value is -2.70. The van der Waals surface area contributed by atoms with Gasteiger partial charge in [-0.2, -0.15) is 0 Å². The fourth-order valence-electron chi connectivity index (χ4n) is 3.51. The van der Waals surface area contributed by atoms with Crippen molar-refractivity contribution < 1.29 is 9.47 Å². The number of rotatable bonds is 6. The number of hydrogen-bond acceptors (Lipinski definition) is 5. The lowest BCUT2D eigenvalue weighted by Crippen LogP contribution is -2.31. The monoisotopic (exact) mass is 365 g/mol. The van der Waals surface area contributed by atoms with Crippen molar-refractivity contribution in [1.82, 2.24) is 14.9 Å². The highest BCUT2D eigenvalue weighted by atomic mass is 16.5. The van der Waals surface area contributed by atoms with Crippen molar-refractivity contribution in [2.24, 2.45) is 0 Å². The van der Waals surface area contributed by atoms with Gasteiger partial charge in [-0.1, -0.05) is 24.3 Å². The summed E-state index contributed by atoms with van der Waals surface area (Å²) in [5.74, 6) is 1.29. The highest BCUT2D eigenvalue weighted by molar-refractivity contribution is 5.78. The van der Waals surface area contributed by atoms with E-state index in [1.165, 1.54) is 0 Å². The van der Waals surface area contributed by atoms with Crippen LogP contribution in [0.2, 0.25) is 0 Å². The van der Waals surface area contributed by atoms with Gasteiger partial charge in [-0.15, -0.1) is 0 Å². The lowest BCUT2D eigenvalue weighted by Gasteiger charge is -2.17. The van der Waals surface area contributed by atoms with Gasteiger partial charge in [0.05, 0.1) is 36.3 Å². The van der Waals surface area contributed by atoms with Crippen LogP contribution in [0.1, 0.15) is 18.7 Å². The fourth-order valence-corrected chi connectivity index (χ4v) is 3.51. The second kappa shape index (κ2) is 7.90. The van der Waals surface area contributed by atoms with Crippen LogP contribution >= 0.6 is 0 Å². The predicted octanol–water partition coefficient (Wildman–Crippen LogP) is 2.66. The van der Waals surface area contributed by atoms with Crippen molar-refractivity contribution >= 4 is 10.9 Å². The molecule has 4 rings (SSSR count). The van der Waals surface area contributed by atoms with Crippen LogP contribution in [0.5, 0.6) is 5.75 Å². The van der Waals surface area contributed by atoms with Crippen molar-refractivity contribution in [2.45, 2.75) is 25.5 Å². The molecule has 0 spiro atoms. The molecule has 0 unspecified atom stereocenters. The number of para-hydroxylation sites is 3. The molecule has 0 bridgehead atoms. The van der Waals surface area contributed by atoms with Crippen LogP contribution in [0.15, 0.2) is 53.3 Å². The van der Waals surface area contributed by atoms with Gasteiger partial charge >= 0.3 is 0 Å². The number of fused-ring (bicyclic) bond motifs is 1.